The molecule has 0 radical (unpaired) electrons. The van der Waals surface area contributed by atoms with E-state index in [-0.39, 0.29) is 11.4 Å². The van der Waals surface area contributed by atoms with Crippen LogP contribution in [0.2, 0.25) is 0 Å². The Kier molecular flexibility index (Phi) is 4.71. The van der Waals surface area contributed by atoms with Gasteiger partial charge in [-0.15, -0.1) is 22.7 Å². The van der Waals surface area contributed by atoms with Gasteiger partial charge in [-0.2, -0.15) is 20.5 Å². The van der Waals surface area contributed by atoms with Gasteiger partial charge in [0.05, 0.1) is 9.75 Å². The third kappa shape index (κ3) is 3.22. The maximum absolute atomic E-state index is 9.49. The summed E-state index contributed by atoms with van der Waals surface area (Å²) in [6.45, 7) is 2.42. The van der Waals surface area contributed by atoms with Crippen LogP contribution in [0.5, 0.6) is 0 Å². The molecule has 1 aliphatic rings. The normalized spacial score (nSPS) is 13.9. The number of nitrogens with zero attached hydrogens (tertiary/aromatic N) is 6. The van der Waals surface area contributed by atoms with Gasteiger partial charge < -0.3 is 18.6 Å². The number of rotatable bonds is 4. The Morgan fingerprint density at radius 1 is 0.767 bits per heavy atom. The molecule has 0 aromatic carbocycles. The van der Waals surface area contributed by atoms with E-state index < -0.39 is 0 Å². The summed E-state index contributed by atoms with van der Waals surface area (Å²) in [7, 11) is 0. The molecule has 1 aliphatic heterocycles. The van der Waals surface area contributed by atoms with Crippen LogP contribution in [0.15, 0.2) is 43.9 Å². The zero-order valence-corrected chi connectivity index (χ0v) is 17.2. The van der Waals surface area contributed by atoms with E-state index in [0.29, 0.717) is 49.7 Å². The third-order valence-corrected chi connectivity index (χ3v) is 6.46. The van der Waals surface area contributed by atoms with E-state index in [1.165, 1.54) is 22.7 Å². The minimum atomic E-state index is 0.282. The number of hydrogen-bond acceptors (Lipinski definition) is 10. The van der Waals surface area contributed by atoms with Crippen molar-refractivity contribution >= 4 is 34.4 Å². The molecule has 0 atom stereocenters. The predicted octanol–water partition coefficient (Wildman–Crippen LogP) is 4.19. The van der Waals surface area contributed by atoms with Crippen LogP contribution in [0.1, 0.15) is 11.4 Å². The van der Waals surface area contributed by atoms with Gasteiger partial charge in [0.25, 0.3) is 0 Å². The van der Waals surface area contributed by atoms with E-state index in [1.54, 1.807) is 0 Å². The summed E-state index contributed by atoms with van der Waals surface area (Å²) >= 11 is 3.03. The molecule has 0 aliphatic carbocycles. The van der Waals surface area contributed by atoms with Crippen molar-refractivity contribution < 1.29 is 8.83 Å². The van der Waals surface area contributed by atoms with Crippen LogP contribution < -0.4 is 9.80 Å². The van der Waals surface area contributed by atoms with Crippen LogP contribution >= 0.6 is 22.7 Å². The van der Waals surface area contributed by atoms with Gasteiger partial charge in [-0.1, -0.05) is 12.1 Å². The van der Waals surface area contributed by atoms with Crippen molar-refractivity contribution in [2.45, 2.75) is 0 Å². The summed E-state index contributed by atoms with van der Waals surface area (Å²) in [6.07, 6.45) is 0. The van der Waals surface area contributed by atoms with Crippen LogP contribution in [0.25, 0.3) is 21.5 Å². The van der Waals surface area contributed by atoms with E-state index in [0.717, 1.165) is 9.75 Å². The van der Waals surface area contributed by atoms with Crippen molar-refractivity contribution in [2.75, 3.05) is 36.0 Å². The number of oxazole rings is 2. The van der Waals surface area contributed by atoms with Gasteiger partial charge >= 0.3 is 0 Å². The van der Waals surface area contributed by atoms with E-state index in [4.69, 9.17) is 8.83 Å². The lowest BCUT2D eigenvalue weighted by Gasteiger charge is -2.34. The summed E-state index contributed by atoms with van der Waals surface area (Å²) in [6, 6.07) is 11.9. The number of nitriles is 2. The second kappa shape index (κ2) is 7.67. The molecule has 4 aromatic heterocycles. The van der Waals surface area contributed by atoms with Crippen molar-refractivity contribution in [3.8, 4) is 33.7 Å². The van der Waals surface area contributed by atoms with Crippen LogP contribution in [0, 0.1) is 22.7 Å². The minimum absolute atomic E-state index is 0.282. The average Bonchev–Trinajstić information content (AvgIpc) is 3.58. The Balaban J connectivity index is 1.35. The summed E-state index contributed by atoms with van der Waals surface area (Å²) in [5.41, 5.74) is 0.563. The monoisotopic (exact) mass is 434 g/mol. The Morgan fingerprint density at radius 3 is 1.53 bits per heavy atom. The lowest BCUT2D eigenvalue weighted by Crippen LogP contribution is -2.46. The minimum Gasteiger partial charge on any atom is -0.418 e. The highest BCUT2D eigenvalue weighted by Crippen LogP contribution is 2.34. The molecule has 1 saturated heterocycles. The molecule has 0 amide bonds. The summed E-state index contributed by atoms with van der Waals surface area (Å²) in [5, 5.41) is 22.9. The first-order valence-corrected chi connectivity index (χ1v) is 10.9. The van der Waals surface area contributed by atoms with E-state index in [9.17, 15) is 10.5 Å². The van der Waals surface area contributed by atoms with Gasteiger partial charge in [-0.25, -0.2) is 0 Å². The van der Waals surface area contributed by atoms with Gasteiger partial charge in [0.1, 0.15) is 12.1 Å². The van der Waals surface area contributed by atoms with Gasteiger partial charge in [0, 0.05) is 26.2 Å². The predicted molar refractivity (Wildman–Crippen MR) is 113 cm³/mol. The molecule has 0 unspecified atom stereocenters. The first-order valence-electron chi connectivity index (χ1n) is 9.16. The third-order valence-electron chi connectivity index (χ3n) is 4.75. The molecule has 0 saturated carbocycles. The fourth-order valence-electron chi connectivity index (χ4n) is 3.32. The molecule has 5 rings (SSSR count). The molecular formula is C20H14N6O2S2. The summed E-state index contributed by atoms with van der Waals surface area (Å²) in [4.78, 5) is 14.5. The average molecular weight is 435 g/mol. The molecule has 148 valence electrons. The molecule has 8 nitrogen and oxygen atoms in total. The smallest absolute Gasteiger partial charge is 0.240 e. The molecule has 4 aromatic rings. The van der Waals surface area contributed by atoms with Crippen molar-refractivity contribution in [1.82, 2.24) is 9.97 Å². The highest BCUT2D eigenvalue weighted by molar-refractivity contribution is 7.13. The van der Waals surface area contributed by atoms with Gasteiger partial charge in [-0.05, 0) is 22.9 Å². The first-order chi connectivity index (χ1) is 14.8. The van der Waals surface area contributed by atoms with Crippen molar-refractivity contribution in [1.29, 1.82) is 10.5 Å². The van der Waals surface area contributed by atoms with Crippen LogP contribution in [0.4, 0.5) is 11.8 Å². The standard InChI is InChI=1S/C20H14N6O2S2/c21-11-13-19(27-17(23-13)15-3-1-9-29-15)25-5-7-26(8-6-25)20-14(12-22)24-18(28-20)16-4-2-10-30-16/h1-4,9-10H,5-8H2. The molecule has 0 N–H and O–H groups in total. The van der Waals surface area contributed by atoms with E-state index >= 15 is 0 Å². The van der Waals surface area contributed by atoms with Crippen LogP contribution in [0.3, 0.4) is 0 Å². The lowest BCUT2D eigenvalue weighted by molar-refractivity contribution is 0.505. The molecule has 1 fully saturated rings. The zero-order chi connectivity index (χ0) is 20.5. The number of anilines is 2. The van der Waals surface area contributed by atoms with Crippen molar-refractivity contribution in [3.63, 3.8) is 0 Å². The molecule has 5 heterocycles. The number of thiophene rings is 2. The molecule has 30 heavy (non-hydrogen) atoms. The Hall–Kier alpha value is -3.60. The van der Waals surface area contributed by atoms with E-state index in [1.807, 2.05) is 44.8 Å². The Bertz CT molecular complexity index is 1140. The summed E-state index contributed by atoms with van der Waals surface area (Å²) < 4.78 is 11.9. The maximum Gasteiger partial charge on any atom is 0.240 e. The highest BCUT2D eigenvalue weighted by atomic mass is 32.1. The molecule has 10 heteroatoms. The quantitative estimate of drug-likeness (QED) is 0.471. The second-order valence-corrected chi connectivity index (χ2v) is 8.39. The molecule has 0 bridgehead atoms. The number of aromatic nitrogens is 2. The van der Waals surface area contributed by atoms with Crippen LogP contribution in [-0.4, -0.2) is 36.1 Å². The van der Waals surface area contributed by atoms with Crippen molar-refractivity contribution in [2.24, 2.45) is 0 Å². The van der Waals surface area contributed by atoms with Gasteiger partial charge in [-0.3, -0.25) is 0 Å². The summed E-state index contributed by atoms with van der Waals surface area (Å²) in [5.74, 6) is 1.89. The topological polar surface area (TPSA) is 106 Å². The second-order valence-electron chi connectivity index (χ2n) is 6.50. The van der Waals surface area contributed by atoms with Crippen LogP contribution in [-0.2, 0) is 0 Å². The maximum atomic E-state index is 9.49. The lowest BCUT2D eigenvalue weighted by atomic mass is 10.3. The van der Waals surface area contributed by atoms with Gasteiger partial charge in [0.2, 0.25) is 34.9 Å². The Morgan fingerprint density at radius 2 is 1.20 bits per heavy atom. The fraction of sp³-hybridized carbons (Fsp3) is 0.200. The number of piperazine rings is 1. The SMILES string of the molecule is N#Cc1nc(-c2cccs2)oc1N1CCN(c2oc(-c3cccs3)nc2C#N)CC1. The largest absolute Gasteiger partial charge is 0.418 e. The zero-order valence-electron chi connectivity index (χ0n) is 15.6. The molecule has 0 spiro atoms. The Labute approximate surface area is 179 Å². The van der Waals surface area contributed by atoms with E-state index in [2.05, 4.69) is 22.1 Å². The molecular weight excluding hydrogens is 420 g/mol. The first kappa shape index (κ1) is 18.4. The number of hydrogen-bond donors (Lipinski definition) is 0. The highest BCUT2D eigenvalue weighted by Gasteiger charge is 2.28. The van der Waals surface area contributed by atoms with Gasteiger partial charge in [0.15, 0.2) is 0 Å². The fourth-order valence-corrected chi connectivity index (χ4v) is 4.62. The van der Waals surface area contributed by atoms with Crippen molar-refractivity contribution in [3.05, 3.63) is 46.4 Å².